The van der Waals surface area contributed by atoms with E-state index in [-0.39, 0.29) is 12.0 Å². The maximum Gasteiger partial charge on any atom is 0.407 e. The highest BCUT2D eigenvalue weighted by atomic mass is 19.3. The molecule has 0 bridgehead atoms. The maximum atomic E-state index is 13.8. The average molecular weight is 534 g/mol. The fraction of sp³-hybridized carbons (Fsp3) is 0.840. The number of carboxylic acid groups (broad SMARTS) is 1. The van der Waals surface area contributed by atoms with Crippen LogP contribution in [0.25, 0.3) is 0 Å². The van der Waals surface area contributed by atoms with Crippen LogP contribution in [0, 0.1) is 10.8 Å². The van der Waals surface area contributed by atoms with Crippen molar-refractivity contribution in [1.82, 2.24) is 15.5 Å². The molecule has 212 valence electrons. The summed E-state index contributed by atoms with van der Waals surface area (Å²) >= 11 is 0. The summed E-state index contributed by atoms with van der Waals surface area (Å²) in [6, 6.07) is -3.50. The number of carbonyl (C=O) groups excluding carboxylic acids is 3. The molecule has 1 aliphatic heterocycles. The predicted molar refractivity (Wildman–Crippen MR) is 130 cm³/mol. The minimum atomic E-state index is -3.12. The molecule has 2 rings (SSSR count). The molecule has 1 aliphatic carbocycles. The first-order valence-corrected chi connectivity index (χ1v) is 12.7. The normalized spacial score (nSPS) is 22.2. The number of aliphatic hydroxyl groups excluding tert-OH is 1. The maximum absolute atomic E-state index is 13.8. The van der Waals surface area contributed by atoms with Crippen molar-refractivity contribution < 1.29 is 42.9 Å². The zero-order chi connectivity index (χ0) is 28.2. The lowest BCUT2D eigenvalue weighted by atomic mass is 9.72. The van der Waals surface area contributed by atoms with Crippen LogP contribution in [0.15, 0.2) is 0 Å². The highest BCUT2D eigenvalue weighted by molar-refractivity contribution is 5.93. The molecule has 0 aromatic heterocycles. The van der Waals surface area contributed by atoms with Crippen LogP contribution in [0.3, 0.4) is 0 Å². The average Bonchev–Trinajstić information content (AvgIpc) is 3.16. The van der Waals surface area contributed by atoms with Crippen LogP contribution in [0.1, 0.15) is 79.1 Å². The second-order valence-electron chi connectivity index (χ2n) is 11.7. The fourth-order valence-corrected chi connectivity index (χ4v) is 5.35. The molecule has 4 atom stereocenters. The van der Waals surface area contributed by atoms with E-state index in [4.69, 9.17) is 0 Å². The monoisotopic (exact) mass is 533 g/mol. The van der Waals surface area contributed by atoms with E-state index in [1.165, 1.54) is 12.0 Å². The summed E-state index contributed by atoms with van der Waals surface area (Å²) in [5.41, 5.74) is -1.05. The second kappa shape index (κ2) is 11.9. The molecule has 2 aliphatic rings. The summed E-state index contributed by atoms with van der Waals surface area (Å²) < 4.78 is 31.7. The Hall–Kier alpha value is -2.50. The van der Waals surface area contributed by atoms with E-state index in [0.717, 1.165) is 32.1 Å². The lowest BCUT2D eigenvalue weighted by Crippen LogP contribution is -2.59. The van der Waals surface area contributed by atoms with Gasteiger partial charge in [0.15, 0.2) is 6.10 Å². The van der Waals surface area contributed by atoms with Crippen molar-refractivity contribution in [3.05, 3.63) is 0 Å². The molecule has 10 nitrogen and oxygen atoms in total. The van der Waals surface area contributed by atoms with Crippen LogP contribution in [0.4, 0.5) is 13.6 Å². The number of alkyl carbamates (subject to hydrolysis) is 1. The molecule has 2 fully saturated rings. The molecule has 3 amide bonds. The number of carbonyl (C=O) groups is 4. The van der Waals surface area contributed by atoms with Gasteiger partial charge >= 0.3 is 12.1 Å². The van der Waals surface area contributed by atoms with Crippen molar-refractivity contribution in [2.24, 2.45) is 10.8 Å². The molecule has 0 aromatic rings. The van der Waals surface area contributed by atoms with Crippen molar-refractivity contribution in [2.45, 2.75) is 109 Å². The Morgan fingerprint density at radius 1 is 1.08 bits per heavy atom. The summed E-state index contributed by atoms with van der Waals surface area (Å²) in [5.74, 6) is -5.98. The van der Waals surface area contributed by atoms with Gasteiger partial charge in [0.1, 0.15) is 12.1 Å². The van der Waals surface area contributed by atoms with E-state index < -0.39 is 72.3 Å². The lowest BCUT2D eigenvalue weighted by Gasteiger charge is -2.36. The van der Waals surface area contributed by atoms with Crippen molar-refractivity contribution in [1.29, 1.82) is 0 Å². The summed E-state index contributed by atoms with van der Waals surface area (Å²) in [6.07, 6.45) is 0.727. The van der Waals surface area contributed by atoms with Crippen LogP contribution in [0.2, 0.25) is 0 Å². The third kappa shape index (κ3) is 8.24. The van der Waals surface area contributed by atoms with Gasteiger partial charge in [-0.05, 0) is 43.4 Å². The van der Waals surface area contributed by atoms with Gasteiger partial charge in [-0.2, -0.15) is 0 Å². The smallest absolute Gasteiger partial charge is 0.407 e. The molecule has 0 aromatic carbocycles. The first kappa shape index (κ1) is 30.7. The Balaban J connectivity index is 2.36. The number of aliphatic carboxylic acids is 1. The van der Waals surface area contributed by atoms with Crippen molar-refractivity contribution in [3.8, 4) is 0 Å². The first-order chi connectivity index (χ1) is 17.0. The number of nitrogens with one attached hydrogen (secondary N) is 2. The fourth-order valence-electron chi connectivity index (χ4n) is 5.35. The predicted octanol–water partition coefficient (Wildman–Crippen LogP) is 2.67. The van der Waals surface area contributed by atoms with E-state index in [1.807, 2.05) is 0 Å². The summed E-state index contributed by atoms with van der Waals surface area (Å²) in [5, 5.41) is 24.4. The third-order valence-electron chi connectivity index (χ3n) is 7.42. The molecule has 3 unspecified atom stereocenters. The number of nitrogens with zero attached hydrogens (tertiary/aromatic N) is 1. The number of aliphatic hydroxyl groups is 1. The van der Waals surface area contributed by atoms with Gasteiger partial charge in [-0.3, -0.25) is 9.59 Å². The summed E-state index contributed by atoms with van der Waals surface area (Å²) in [6.45, 7) is 6.23. The number of likely N-dealkylation sites (tertiary alicyclic amines) is 1. The zero-order valence-electron chi connectivity index (χ0n) is 22.3. The molecule has 37 heavy (non-hydrogen) atoms. The van der Waals surface area contributed by atoms with Crippen molar-refractivity contribution in [2.75, 3.05) is 13.7 Å². The van der Waals surface area contributed by atoms with Gasteiger partial charge in [0.05, 0.1) is 13.2 Å². The Labute approximate surface area is 216 Å². The highest BCUT2D eigenvalue weighted by Crippen LogP contribution is 2.47. The molecule has 1 spiro atoms. The standard InChI is InChI=1S/C25H41F2N3O7/c1-23(2,3)18(29-22(36)37-5)20(33)30-14-25(10-7-6-8-11-25)13-16(30)19(32)28-15(17(31)21(34)35)9-12-24(4,26)27/h15-18,31H,6-14H2,1-5H3,(H,28,32)(H,29,36)(H,34,35)/t15?,16-,17?,18?/m0/s1. The van der Waals surface area contributed by atoms with Crippen molar-refractivity contribution >= 4 is 23.9 Å². The van der Waals surface area contributed by atoms with Crippen LogP contribution in [0.5, 0.6) is 0 Å². The minimum absolute atomic E-state index is 0.276. The zero-order valence-corrected chi connectivity index (χ0v) is 22.3. The molecule has 4 N–H and O–H groups in total. The van der Waals surface area contributed by atoms with E-state index in [9.17, 15) is 38.2 Å². The number of hydrogen-bond acceptors (Lipinski definition) is 6. The number of rotatable bonds is 9. The highest BCUT2D eigenvalue weighted by Gasteiger charge is 2.51. The van der Waals surface area contributed by atoms with Gasteiger partial charge in [-0.15, -0.1) is 0 Å². The number of hydrogen-bond donors (Lipinski definition) is 4. The Bertz CT molecular complexity index is 850. The topological polar surface area (TPSA) is 145 Å². The van der Waals surface area contributed by atoms with Crippen LogP contribution < -0.4 is 10.6 Å². The second-order valence-corrected chi connectivity index (χ2v) is 11.7. The van der Waals surface area contributed by atoms with Crippen LogP contribution in [-0.4, -0.2) is 82.8 Å². The molecule has 12 heteroatoms. The number of halogens is 2. The number of ether oxygens (including phenoxy) is 1. The molecule has 0 radical (unpaired) electrons. The number of carboxylic acids is 1. The Morgan fingerprint density at radius 3 is 2.16 bits per heavy atom. The number of amides is 3. The van der Waals surface area contributed by atoms with Crippen LogP contribution >= 0.6 is 0 Å². The van der Waals surface area contributed by atoms with Gasteiger partial charge in [0.25, 0.3) is 0 Å². The molecular formula is C25H41F2N3O7. The molecular weight excluding hydrogens is 492 g/mol. The Morgan fingerprint density at radius 2 is 1.68 bits per heavy atom. The van der Waals surface area contributed by atoms with Gasteiger partial charge in [-0.1, -0.05) is 40.0 Å². The van der Waals surface area contributed by atoms with E-state index in [1.54, 1.807) is 20.8 Å². The van der Waals surface area contributed by atoms with Gasteiger partial charge in [0, 0.05) is 13.0 Å². The van der Waals surface area contributed by atoms with Gasteiger partial charge in [0.2, 0.25) is 17.7 Å². The minimum Gasteiger partial charge on any atom is -0.479 e. The largest absolute Gasteiger partial charge is 0.479 e. The van der Waals surface area contributed by atoms with E-state index in [0.29, 0.717) is 13.3 Å². The number of methoxy groups -OCH3 is 1. The summed E-state index contributed by atoms with van der Waals surface area (Å²) in [4.78, 5) is 52.1. The molecule has 1 heterocycles. The van der Waals surface area contributed by atoms with E-state index >= 15 is 0 Å². The SMILES string of the molecule is COC(=O)NC(C(=O)N1CC2(CCCCC2)C[C@H]1C(=O)NC(CCC(C)(F)F)C(O)C(=O)O)C(C)(C)C. The quantitative estimate of drug-likeness (QED) is 0.357. The Kier molecular flexibility index (Phi) is 9.89. The first-order valence-electron chi connectivity index (χ1n) is 12.7. The van der Waals surface area contributed by atoms with Crippen LogP contribution in [-0.2, 0) is 19.1 Å². The summed E-state index contributed by atoms with van der Waals surface area (Å²) in [7, 11) is 1.18. The number of alkyl halides is 2. The van der Waals surface area contributed by atoms with Crippen molar-refractivity contribution in [3.63, 3.8) is 0 Å². The van der Waals surface area contributed by atoms with E-state index in [2.05, 4.69) is 15.4 Å². The lowest BCUT2D eigenvalue weighted by molar-refractivity contribution is -0.150. The third-order valence-corrected chi connectivity index (χ3v) is 7.42. The molecule has 1 saturated heterocycles. The van der Waals surface area contributed by atoms with Gasteiger partial charge < -0.3 is 30.5 Å². The molecule has 1 saturated carbocycles. The van der Waals surface area contributed by atoms with Gasteiger partial charge in [-0.25, -0.2) is 18.4 Å².